The number of Topliss-reactive ketones (excluding diaryl/α,β-unsaturated/α-hetero) is 1. The first-order chi connectivity index (χ1) is 10.0. The van der Waals surface area contributed by atoms with Crippen molar-refractivity contribution in [3.05, 3.63) is 35.1 Å². The second kappa shape index (κ2) is 4.66. The number of halogens is 1. The van der Waals surface area contributed by atoms with Gasteiger partial charge in [-0.15, -0.1) is 0 Å². The quantitative estimate of drug-likeness (QED) is 0.720. The molecule has 0 N–H and O–H groups in total. The summed E-state index contributed by atoms with van der Waals surface area (Å²) >= 11 is 0. The molecule has 4 aliphatic carbocycles. The standard InChI is InChI=1S/C19H23FO/c1-12-2-3-16(20)7-17(12)18(21)11-19-8-13-4-14(9-19)6-15(5-13)10-19/h2-3,7,13-15H,4-6,8-11H2,1H3. The van der Waals surface area contributed by atoms with E-state index in [-0.39, 0.29) is 17.0 Å². The first-order valence-electron chi connectivity index (χ1n) is 8.32. The van der Waals surface area contributed by atoms with Crippen LogP contribution in [0.1, 0.15) is 60.9 Å². The van der Waals surface area contributed by atoms with Crippen LogP contribution >= 0.6 is 0 Å². The van der Waals surface area contributed by atoms with Crippen molar-refractivity contribution in [2.24, 2.45) is 23.2 Å². The lowest BCUT2D eigenvalue weighted by Gasteiger charge is -2.56. The molecule has 0 aromatic heterocycles. The summed E-state index contributed by atoms with van der Waals surface area (Å²) in [6.07, 6.45) is 8.53. The molecule has 0 amide bonds. The molecule has 2 heteroatoms. The maximum Gasteiger partial charge on any atom is 0.163 e. The van der Waals surface area contributed by atoms with Gasteiger partial charge in [-0.25, -0.2) is 4.39 Å². The Morgan fingerprint density at radius 1 is 1.14 bits per heavy atom. The molecule has 1 aromatic carbocycles. The van der Waals surface area contributed by atoms with Gasteiger partial charge in [-0.1, -0.05) is 6.07 Å². The third-order valence-corrected chi connectivity index (χ3v) is 6.20. The average molecular weight is 286 g/mol. The largest absolute Gasteiger partial charge is 0.294 e. The number of aryl methyl sites for hydroxylation is 1. The Morgan fingerprint density at radius 3 is 2.29 bits per heavy atom. The fourth-order valence-electron chi connectivity index (χ4n) is 5.84. The number of hydrogen-bond donors (Lipinski definition) is 0. The zero-order chi connectivity index (χ0) is 14.6. The Kier molecular flexibility index (Phi) is 2.99. The first-order valence-corrected chi connectivity index (χ1v) is 8.32. The summed E-state index contributed by atoms with van der Waals surface area (Å²) in [6, 6.07) is 4.59. The van der Waals surface area contributed by atoms with E-state index in [1.165, 1.54) is 50.7 Å². The van der Waals surface area contributed by atoms with E-state index >= 15 is 0 Å². The molecule has 0 unspecified atom stereocenters. The summed E-state index contributed by atoms with van der Waals surface area (Å²) in [7, 11) is 0. The number of carbonyl (C=O) groups excluding carboxylic acids is 1. The third-order valence-electron chi connectivity index (χ3n) is 6.20. The van der Waals surface area contributed by atoms with Crippen molar-refractivity contribution in [1.29, 1.82) is 0 Å². The van der Waals surface area contributed by atoms with Crippen molar-refractivity contribution in [2.45, 2.75) is 51.9 Å². The van der Waals surface area contributed by atoms with E-state index < -0.39 is 0 Å². The molecule has 4 saturated carbocycles. The van der Waals surface area contributed by atoms with Gasteiger partial charge in [0.15, 0.2) is 5.78 Å². The van der Waals surface area contributed by atoms with Crippen LogP contribution in [0.2, 0.25) is 0 Å². The molecule has 112 valence electrons. The molecule has 21 heavy (non-hydrogen) atoms. The topological polar surface area (TPSA) is 17.1 Å². The highest BCUT2D eigenvalue weighted by Crippen LogP contribution is 2.61. The lowest BCUT2D eigenvalue weighted by molar-refractivity contribution is -0.0524. The van der Waals surface area contributed by atoms with Crippen LogP contribution in [-0.4, -0.2) is 5.78 Å². The van der Waals surface area contributed by atoms with Gasteiger partial charge in [-0.3, -0.25) is 4.79 Å². The van der Waals surface area contributed by atoms with E-state index in [0.717, 1.165) is 23.3 Å². The van der Waals surface area contributed by atoms with Gasteiger partial charge >= 0.3 is 0 Å². The van der Waals surface area contributed by atoms with Gasteiger partial charge in [0.1, 0.15) is 5.82 Å². The van der Waals surface area contributed by atoms with Crippen LogP contribution in [0.25, 0.3) is 0 Å². The van der Waals surface area contributed by atoms with Crippen LogP contribution < -0.4 is 0 Å². The lowest BCUT2D eigenvalue weighted by Crippen LogP contribution is -2.46. The Hall–Kier alpha value is -1.18. The fraction of sp³-hybridized carbons (Fsp3) is 0.632. The molecule has 0 heterocycles. The Morgan fingerprint density at radius 2 is 1.71 bits per heavy atom. The van der Waals surface area contributed by atoms with Gasteiger partial charge in [-0.2, -0.15) is 0 Å². The van der Waals surface area contributed by atoms with Gasteiger partial charge in [-0.05, 0) is 86.3 Å². The minimum Gasteiger partial charge on any atom is -0.294 e. The monoisotopic (exact) mass is 286 g/mol. The van der Waals surface area contributed by atoms with Crippen LogP contribution in [0.4, 0.5) is 4.39 Å². The van der Waals surface area contributed by atoms with Crippen molar-refractivity contribution < 1.29 is 9.18 Å². The van der Waals surface area contributed by atoms with E-state index in [1.54, 1.807) is 6.07 Å². The Balaban J connectivity index is 1.58. The zero-order valence-corrected chi connectivity index (χ0v) is 12.7. The molecule has 4 bridgehead atoms. The van der Waals surface area contributed by atoms with Crippen molar-refractivity contribution in [1.82, 2.24) is 0 Å². The number of benzene rings is 1. The van der Waals surface area contributed by atoms with Gasteiger partial charge in [0.05, 0.1) is 0 Å². The number of carbonyl (C=O) groups is 1. The van der Waals surface area contributed by atoms with Crippen molar-refractivity contribution >= 4 is 5.78 Å². The van der Waals surface area contributed by atoms with Crippen LogP contribution in [-0.2, 0) is 0 Å². The summed E-state index contributed by atoms with van der Waals surface area (Å²) in [5.41, 5.74) is 1.75. The van der Waals surface area contributed by atoms with Gasteiger partial charge in [0, 0.05) is 12.0 Å². The van der Waals surface area contributed by atoms with E-state index in [4.69, 9.17) is 0 Å². The number of ketones is 1. The van der Waals surface area contributed by atoms with Crippen molar-refractivity contribution in [3.8, 4) is 0 Å². The summed E-state index contributed by atoms with van der Waals surface area (Å²) in [5.74, 6) is 2.44. The average Bonchev–Trinajstić information content (AvgIpc) is 2.39. The molecule has 0 atom stereocenters. The Bertz CT molecular complexity index is 554. The van der Waals surface area contributed by atoms with E-state index in [0.29, 0.717) is 12.0 Å². The maximum absolute atomic E-state index is 13.5. The molecule has 0 radical (unpaired) electrons. The van der Waals surface area contributed by atoms with Crippen LogP contribution in [0, 0.1) is 35.9 Å². The molecular weight excluding hydrogens is 263 g/mol. The van der Waals surface area contributed by atoms with Crippen molar-refractivity contribution in [3.63, 3.8) is 0 Å². The molecule has 1 nitrogen and oxygen atoms in total. The van der Waals surface area contributed by atoms with E-state index in [9.17, 15) is 9.18 Å². The normalized spacial score (nSPS) is 37.0. The minimum absolute atomic E-state index is 0.161. The molecular formula is C19H23FO. The third kappa shape index (κ3) is 2.33. The Labute approximate surface area is 125 Å². The molecule has 4 fully saturated rings. The summed E-state index contributed by atoms with van der Waals surface area (Å²) in [6.45, 7) is 1.91. The summed E-state index contributed by atoms with van der Waals surface area (Å²) in [5, 5.41) is 0. The minimum atomic E-state index is -0.297. The summed E-state index contributed by atoms with van der Waals surface area (Å²) in [4.78, 5) is 12.7. The molecule has 4 aliphatic rings. The highest BCUT2D eigenvalue weighted by molar-refractivity contribution is 5.97. The molecule has 1 aromatic rings. The molecule has 0 saturated heterocycles. The zero-order valence-electron chi connectivity index (χ0n) is 12.7. The van der Waals surface area contributed by atoms with E-state index in [1.807, 2.05) is 6.92 Å². The van der Waals surface area contributed by atoms with Crippen LogP contribution in [0.15, 0.2) is 18.2 Å². The maximum atomic E-state index is 13.5. The summed E-state index contributed by atoms with van der Waals surface area (Å²) < 4.78 is 13.5. The number of rotatable bonds is 3. The first kappa shape index (κ1) is 13.5. The molecule has 0 spiro atoms. The fourth-order valence-corrected chi connectivity index (χ4v) is 5.84. The van der Waals surface area contributed by atoms with Crippen LogP contribution in [0.5, 0.6) is 0 Å². The predicted octanol–water partition coefficient (Wildman–Crippen LogP) is 4.92. The second-order valence-electron chi connectivity index (χ2n) is 7.98. The van der Waals surface area contributed by atoms with Gasteiger partial charge in [0.25, 0.3) is 0 Å². The molecule has 0 aliphatic heterocycles. The lowest BCUT2D eigenvalue weighted by atomic mass is 9.48. The molecule has 5 rings (SSSR count). The predicted molar refractivity (Wildman–Crippen MR) is 80.7 cm³/mol. The SMILES string of the molecule is Cc1ccc(F)cc1C(=O)CC12CC3CC(CC(C3)C1)C2. The van der Waals surface area contributed by atoms with Gasteiger partial charge < -0.3 is 0 Å². The highest BCUT2D eigenvalue weighted by Gasteiger charge is 2.51. The van der Waals surface area contributed by atoms with E-state index in [2.05, 4.69) is 0 Å². The highest BCUT2D eigenvalue weighted by atomic mass is 19.1. The van der Waals surface area contributed by atoms with Crippen LogP contribution in [0.3, 0.4) is 0 Å². The van der Waals surface area contributed by atoms with Gasteiger partial charge in [0.2, 0.25) is 0 Å². The number of hydrogen-bond acceptors (Lipinski definition) is 1. The van der Waals surface area contributed by atoms with Crippen molar-refractivity contribution in [2.75, 3.05) is 0 Å². The second-order valence-corrected chi connectivity index (χ2v) is 7.98. The smallest absolute Gasteiger partial charge is 0.163 e.